The number of hydrogen-bond acceptors (Lipinski definition) is 6. The fourth-order valence-corrected chi connectivity index (χ4v) is 4.27. The molecule has 1 aliphatic rings. The van der Waals surface area contributed by atoms with Crippen LogP contribution in [0.5, 0.6) is 5.88 Å². The van der Waals surface area contributed by atoms with Gasteiger partial charge in [0.15, 0.2) is 5.82 Å². The van der Waals surface area contributed by atoms with Crippen LogP contribution in [0.1, 0.15) is 10.5 Å². The van der Waals surface area contributed by atoms with Gasteiger partial charge in [0, 0.05) is 22.4 Å². The Balaban J connectivity index is 1.49. The maximum atomic E-state index is 14.8. The third-order valence-corrected chi connectivity index (χ3v) is 5.90. The molecule has 13 heteroatoms. The minimum Gasteiger partial charge on any atom is -0.479 e. The van der Waals surface area contributed by atoms with Crippen LogP contribution in [-0.2, 0) is 6.54 Å². The Kier molecular flexibility index (Phi) is 4.88. The summed E-state index contributed by atoms with van der Waals surface area (Å²) in [7, 11) is 1.31. The average molecular weight is 498 g/mol. The summed E-state index contributed by atoms with van der Waals surface area (Å²) in [4.78, 5) is 8.83. The zero-order valence-corrected chi connectivity index (χ0v) is 18.4. The van der Waals surface area contributed by atoms with E-state index >= 15 is 0 Å². The van der Waals surface area contributed by atoms with E-state index in [4.69, 9.17) is 8.85 Å². The molecule has 186 valence electrons. The van der Waals surface area contributed by atoms with Gasteiger partial charge in [-0.3, -0.25) is 0 Å². The minimum absolute atomic E-state index is 0.00710. The Hall–Kier alpha value is -3.48. The normalized spacial score (nSPS) is 20.2. The van der Waals surface area contributed by atoms with Crippen LogP contribution in [0.15, 0.2) is 30.7 Å². The minimum atomic E-state index is -3.38. The molecule has 0 saturated carbocycles. The topological polar surface area (TPSA) is 72.5 Å². The van der Waals surface area contributed by atoms with E-state index in [9.17, 15) is 22.0 Å². The number of nitrogens with one attached hydrogen (secondary N) is 1. The van der Waals surface area contributed by atoms with E-state index in [1.54, 1.807) is 6.07 Å². The molecule has 5 rings (SSSR count). The smallest absolute Gasteiger partial charge is 0.280 e. The molecule has 1 aromatic carbocycles. The van der Waals surface area contributed by atoms with Crippen molar-refractivity contribution >= 4 is 22.5 Å². The Morgan fingerprint density at radius 3 is 2.89 bits per heavy atom. The SMILES string of the molecule is [2H]C([2H])([2H])N1CC[C@@H](Nc2nc(OC)c3c(-c4cc(F)c5ncn(CC(F)F)c5c4)ccn3n2)C(F)(F)C1. The van der Waals surface area contributed by atoms with Crippen molar-refractivity contribution < 1.29 is 30.8 Å². The van der Waals surface area contributed by atoms with Crippen LogP contribution in [0.25, 0.3) is 27.7 Å². The molecule has 4 aromatic rings. The largest absolute Gasteiger partial charge is 0.479 e. The second kappa shape index (κ2) is 8.63. The molecular weight excluding hydrogens is 473 g/mol. The molecule has 8 nitrogen and oxygen atoms in total. The Morgan fingerprint density at radius 2 is 2.17 bits per heavy atom. The second-order valence-electron chi connectivity index (χ2n) is 8.25. The van der Waals surface area contributed by atoms with Crippen molar-refractivity contribution in [2.24, 2.45) is 0 Å². The van der Waals surface area contributed by atoms with E-state index in [0.29, 0.717) is 16.6 Å². The first kappa shape index (κ1) is 19.8. The van der Waals surface area contributed by atoms with Crippen molar-refractivity contribution in [1.29, 1.82) is 0 Å². The van der Waals surface area contributed by atoms with Crippen LogP contribution < -0.4 is 10.1 Å². The quantitative estimate of drug-likeness (QED) is 0.407. The number of piperidine rings is 1. The predicted octanol–water partition coefficient (Wildman–Crippen LogP) is 3.91. The number of alkyl halides is 4. The van der Waals surface area contributed by atoms with Crippen LogP contribution in [0.3, 0.4) is 0 Å². The van der Waals surface area contributed by atoms with Gasteiger partial charge in [-0.25, -0.2) is 31.5 Å². The van der Waals surface area contributed by atoms with E-state index in [0.717, 1.165) is 15.8 Å². The first-order chi connectivity index (χ1) is 17.9. The monoisotopic (exact) mass is 498 g/mol. The summed E-state index contributed by atoms with van der Waals surface area (Å²) in [5.74, 6) is -4.28. The highest BCUT2D eigenvalue weighted by Crippen LogP contribution is 2.35. The summed E-state index contributed by atoms with van der Waals surface area (Å²) >= 11 is 0. The first-order valence-corrected chi connectivity index (χ1v) is 10.6. The van der Waals surface area contributed by atoms with E-state index in [1.807, 2.05) is 0 Å². The molecular formula is C22H22F5N7O. The molecule has 0 radical (unpaired) electrons. The number of likely N-dealkylation sites (tertiary alicyclic amines) is 1. The summed E-state index contributed by atoms with van der Waals surface area (Å²) in [6.45, 7) is -4.32. The van der Waals surface area contributed by atoms with Crippen molar-refractivity contribution in [2.45, 2.75) is 31.4 Å². The van der Waals surface area contributed by atoms with Gasteiger partial charge in [0.25, 0.3) is 12.3 Å². The molecule has 1 saturated heterocycles. The Bertz CT molecular complexity index is 1490. The van der Waals surface area contributed by atoms with Gasteiger partial charge in [-0.1, -0.05) is 0 Å². The Morgan fingerprint density at radius 1 is 1.34 bits per heavy atom. The molecule has 4 heterocycles. The fourth-order valence-electron chi connectivity index (χ4n) is 4.27. The van der Waals surface area contributed by atoms with Crippen molar-refractivity contribution in [3.8, 4) is 17.0 Å². The lowest BCUT2D eigenvalue weighted by molar-refractivity contribution is -0.0675. The predicted molar refractivity (Wildman–Crippen MR) is 119 cm³/mol. The number of anilines is 1. The molecule has 0 spiro atoms. The maximum absolute atomic E-state index is 14.8. The molecule has 3 aromatic heterocycles. The summed E-state index contributed by atoms with van der Waals surface area (Å²) < 4.78 is 100. The molecule has 1 N–H and O–H groups in total. The molecule has 0 amide bonds. The number of ether oxygens (including phenoxy) is 1. The molecule has 0 aliphatic carbocycles. The van der Waals surface area contributed by atoms with Crippen LogP contribution in [0.4, 0.5) is 27.9 Å². The van der Waals surface area contributed by atoms with Crippen molar-refractivity contribution in [1.82, 2.24) is 29.0 Å². The second-order valence-corrected chi connectivity index (χ2v) is 8.25. The van der Waals surface area contributed by atoms with Gasteiger partial charge in [0.2, 0.25) is 11.8 Å². The number of benzene rings is 1. The zero-order valence-electron chi connectivity index (χ0n) is 21.4. The molecule has 0 bridgehead atoms. The molecule has 1 fully saturated rings. The van der Waals surface area contributed by atoms with E-state index in [1.165, 1.54) is 30.0 Å². The number of rotatable bonds is 6. The van der Waals surface area contributed by atoms with Gasteiger partial charge < -0.3 is 19.5 Å². The molecule has 1 aliphatic heterocycles. The van der Waals surface area contributed by atoms with E-state index in [-0.39, 0.29) is 35.8 Å². The fraction of sp³-hybridized carbons (Fsp3) is 0.409. The lowest BCUT2D eigenvalue weighted by Crippen LogP contribution is -2.53. The van der Waals surface area contributed by atoms with Gasteiger partial charge in [-0.2, -0.15) is 4.98 Å². The van der Waals surface area contributed by atoms with Crippen LogP contribution in [0.2, 0.25) is 0 Å². The van der Waals surface area contributed by atoms with E-state index < -0.39 is 44.3 Å². The number of aromatic nitrogens is 5. The molecule has 1 atom stereocenters. The third-order valence-electron chi connectivity index (χ3n) is 5.90. The summed E-state index contributed by atoms with van der Waals surface area (Å²) in [5, 5.41) is 6.82. The summed E-state index contributed by atoms with van der Waals surface area (Å²) in [5.41, 5.74) is 1.14. The van der Waals surface area contributed by atoms with Gasteiger partial charge in [0.1, 0.15) is 11.0 Å². The molecule has 0 unspecified atom stereocenters. The molecule has 35 heavy (non-hydrogen) atoms. The lowest BCUT2D eigenvalue weighted by atomic mass is 10.0. The summed E-state index contributed by atoms with van der Waals surface area (Å²) in [6.07, 6.45) is -0.199. The third kappa shape index (κ3) is 4.24. The van der Waals surface area contributed by atoms with Crippen LogP contribution in [-0.4, -0.2) is 74.6 Å². The Labute approximate surface area is 200 Å². The number of imidazole rings is 1. The van der Waals surface area contributed by atoms with Crippen LogP contribution >= 0.6 is 0 Å². The van der Waals surface area contributed by atoms with Gasteiger partial charge in [0.05, 0.1) is 38.1 Å². The standard InChI is InChI=1S/C22H22F5N7O/c1-32-5-4-16(22(26,27)10-32)29-21-30-20(35-2)19-13(3-6-34(19)31-21)12-7-14(23)18-15(8-12)33(11-28-18)9-17(24)25/h3,6-8,11,16-17H,4-5,9-10H2,1-2H3,(H,29,31)/t16-/m1/s1/i1D3. The number of halogens is 5. The number of hydrogen-bond donors (Lipinski definition) is 1. The van der Waals surface area contributed by atoms with Gasteiger partial charge >= 0.3 is 0 Å². The van der Waals surface area contributed by atoms with Crippen molar-refractivity contribution in [3.05, 3.63) is 36.5 Å². The maximum Gasteiger partial charge on any atom is 0.280 e. The average Bonchev–Trinajstić information content (AvgIpc) is 3.43. The lowest BCUT2D eigenvalue weighted by Gasteiger charge is -2.36. The van der Waals surface area contributed by atoms with Crippen molar-refractivity contribution in [2.75, 3.05) is 32.5 Å². The number of methoxy groups -OCH3 is 1. The van der Waals surface area contributed by atoms with E-state index in [2.05, 4.69) is 20.4 Å². The van der Waals surface area contributed by atoms with Gasteiger partial charge in [-0.05, 0) is 37.2 Å². The van der Waals surface area contributed by atoms with Gasteiger partial charge in [-0.15, -0.1) is 5.10 Å². The highest BCUT2D eigenvalue weighted by Gasteiger charge is 2.44. The zero-order chi connectivity index (χ0) is 27.4. The number of fused-ring (bicyclic) bond motifs is 2. The van der Waals surface area contributed by atoms with Crippen molar-refractivity contribution in [3.63, 3.8) is 0 Å². The highest BCUT2D eigenvalue weighted by atomic mass is 19.3. The summed E-state index contributed by atoms with van der Waals surface area (Å²) in [6, 6.07) is 2.86. The number of nitrogens with zero attached hydrogens (tertiary/aromatic N) is 6. The highest BCUT2D eigenvalue weighted by molar-refractivity contribution is 5.90. The van der Waals surface area contributed by atoms with Crippen LogP contribution in [0, 0.1) is 5.82 Å². The first-order valence-electron chi connectivity index (χ1n) is 12.1.